The monoisotopic (exact) mass is 574 g/mol. The Morgan fingerprint density at radius 1 is 0.405 bits per heavy atom. The van der Waals surface area contributed by atoms with Crippen molar-refractivity contribution in [1.82, 2.24) is 20.4 Å². The number of phenols is 2. The molecule has 178 valence electrons. The van der Waals surface area contributed by atoms with Gasteiger partial charge in [0.25, 0.3) is 20.0 Å². The molecule has 2 N–H and O–H groups in total. The Hall–Kier alpha value is -3.78. The van der Waals surface area contributed by atoms with Crippen molar-refractivity contribution in [2.24, 2.45) is 0 Å². The van der Waals surface area contributed by atoms with Gasteiger partial charge in [-0.3, -0.25) is 0 Å². The average molecular weight is 576 g/mol. The number of phenolic OH excluding ortho intramolecular Hbond substituents is 2. The van der Waals surface area contributed by atoms with Gasteiger partial charge in [-0.25, -0.2) is 0 Å². The van der Waals surface area contributed by atoms with Crippen LogP contribution in [0.5, 0.6) is 11.5 Å². The topological polar surface area (TPSA) is 92.0 Å². The maximum atomic E-state index is 9.79. The van der Waals surface area contributed by atoms with Crippen LogP contribution in [-0.2, 0) is 19.5 Å². The summed E-state index contributed by atoms with van der Waals surface area (Å²) in [6.07, 6.45) is 0. The van der Waals surface area contributed by atoms with Gasteiger partial charge in [-0.15, -0.1) is 0 Å². The minimum absolute atomic E-state index is 0. The van der Waals surface area contributed by atoms with Crippen LogP contribution in [0.15, 0.2) is 109 Å². The Morgan fingerprint density at radius 3 is 1.11 bits per heavy atom. The molecule has 37 heavy (non-hydrogen) atoms. The van der Waals surface area contributed by atoms with Gasteiger partial charge in [-0.1, -0.05) is 81.1 Å². The number of aromatic hydroxyl groups is 2. The summed E-state index contributed by atoms with van der Waals surface area (Å²) in [5.74, 6) is 0.488. The molecule has 0 fully saturated rings. The molecule has 6 rings (SSSR count). The molecule has 0 amide bonds. The van der Waals surface area contributed by atoms with Gasteiger partial charge in [0, 0.05) is 42.2 Å². The molecule has 0 atom stereocenters. The van der Waals surface area contributed by atoms with Crippen LogP contribution in [0, 0.1) is 0 Å². The summed E-state index contributed by atoms with van der Waals surface area (Å²) < 4.78 is 0. The van der Waals surface area contributed by atoms with Crippen molar-refractivity contribution in [3.8, 4) is 53.8 Å². The molecule has 0 aliphatic heterocycles. The first-order chi connectivity index (χ1) is 17.7. The zero-order chi connectivity index (χ0) is 24.7. The maximum Gasteiger partial charge on any atom is 0.295 e. The first-order valence-electron chi connectivity index (χ1n) is 11.1. The van der Waals surface area contributed by atoms with E-state index in [1.54, 1.807) is 24.3 Å². The summed E-state index contributed by atoms with van der Waals surface area (Å²) in [4.78, 5) is 0. The van der Waals surface area contributed by atoms with Crippen LogP contribution in [0.2, 0.25) is 0 Å². The van der Waals surface area contributed by atoms with Gasteiger partial charge in [0.1, 0.15) is 11.5 Å². The van der Waals surface area contributed by atoms with Crippen LogP contribution in [0.1, 0.15) is 0 Å². The minimum atomic E-state index is 0. The van der Waals surface area contributed by atoms with Crippen LogP contribution in [0.4, 0.5) is 0 Å². The van der Waals surface area contributed by atoms with Crippen LogP contribution >= 0.6 is 22.7 Å². The molecular weight excluding hydrogens is 554 g/mol. The Bertz CT molecular complexity index is 1450. The standard InChI is InChI=1S/2C14H10N2OS.Zn/c2*17-12-9-5-4-8-11(12)14-16-15-13(18-14)10-6-2-1-3-7-10;/h2*1-9,17H;/p+2. The summed E-state index contributed by atoms with van der Waals surface area (Å²) in [5, 5.41) is 39.7. The van der Waals surface area contributed by atoms with Crippen LogP contribution in [0.3, 0.4) is 0 Å². The summed E-state index contributed by atoms with van der Waals surface area (Å²) in [6, 6.07) is 34.3. The third-order valence-corrected chi connectivity index (χ3v) is 7.46. The second kappa shape index (κ2) is 12.5. The van der Waals surface area contributed by atoms with Gasteiger partial charge in [-0.05, 0) is 48.5 Å². The minimum Gasteiger partial charge on any atom is -0.507 e. The zero-order valence-corrected chi connectivity index (χ0v) is 24.4. The van der Waals surface area contributed by atoms with Crippen LogP contribution in [-0.4, -0.2) is 30.6 Å². The van der Waals surface area contributed by atoms with Gasteiger partial charge >= 0.3 is 0 Å². The van der Waals surface area contributed by atoms with Gasteiger partial charge in [0.2, 0.25) is 0 Å². The van der Waals surface area contributed by atoms with E-state index in [-0.39, 0.29) is 31.0 Å². The van der Waals surface area contributed by atoms with Crippen molar-refractivity contribution in [3.63, 3.8) is 0 Å². The molecule has 0 saturated carbocycles. The van der Waals surface area contributed by atoms with E-state index < -0.39 is 0 Å². The van der Waals surface area contributed by atoms with Crippen molar-refractivity contribution in [1.29, 1.82) is 0 Å². The first-order valence-corrected chi connectivity index (χ1v) is 12.9. The molecule has 0 radical (unpaired) electrons. The Balaban J connectivity index is 0.000000168. The zero-order valence-electron chi connectivity index (χ0n) is 19.7. The molecular formula is C28H22N4O2S2Zn+2. The van der Waals surface area contributed by atoms with Gasteiger partial charge in [-0.2, -0.15) is 0 Å². The first kappa shape index (κ1) is 26.3. The molecule has 6 nitrogen and oxygen atoms in total. The van der Waals surface area contributed by atoms with Crippen molar-refractivity contribution >= 4 is 22.7 Å². The quantitative estimate of drug-likeness (QED) is 0.181. The Kier molecular flexibility index (Phi) is 8.85. The molecule has 0 bridgehead atoms. The normalized spacial score (nSPS) is 10.2. The van der Waals surface area contributed by atoms with Gasteiger partial charge < -0.3 is 10.2 Å². The number of rotatable bonds is 4. The molecule has 0 unspecified atom stereocenters. The van der Waals surface area contributed by atoms with Crippen LogP contribution < -0.4 is 0 Å². The molecule has 0 saturated heterocycles. The van der Waals surface area contributed by atoms with E-state index in [0.717, 1.165) is 65.0 Å². The van der Waals surface area contributed by atoms with E-state index >= 15 is 0 Å². The SMILES string of the molecule is Oc1ccccc1-c1nnc(-c2ccccc2)[sH+]1.Oc1ccccc1-c1nnc(-c2ccccc2)[sH+]1.[Zn]. The summed E-state index contributed by atoms with van der Waals surface area (Å²) >= 11 is 1.85. The molecule has 9 heteroatoms. The molecule has 0 spiro atoms. The number of para-hydroxylation sites is 2. The van der Waals surface area contributed by atoms with E-state index in [2.05, 4.69) is 20.4 Å². The summed E-state index contributed by atoms with van der Waals surface area (Å²) in [5.41, 5.74) is 3.62. The smallest absolute Gasteiger partial charge is 0.295 e. The summed E-state index contributed by atoms with van der Waals surface area (Å²) in [7, 11) is 0. The maximum absolute atomic E-state index is 9.79. The van der Waals surface area contributed by atoms with Crippen molar-refractivity contribution < 1.29 is 29.7 Å². The molecule has 4 aromatic carbocycles. The van der Waals surface area contributed by atoms with E-state index in [9.17, 15) is 10.2 Å². The van der Waals surface area contributed by atoms with Gasteiger partial charge in [0.05, 0.1) is 22.3 Å². The van der Waals surface area contributed by atoms with Gasteiger partial charge in [0.15, 0.2) is 0 Å². The largest absolute Gasteiger partial charge is 0.507 e. The summed E-state index contributed by atoms with van der Waals surface area (Å²) in [6.45, 7) is 0. The van der Waals surface area contributed by atoms with E-state index in [1.807, 2.05) is 84.9 Å². The number of hydrogen-bond acceptors (Lipinski definition) is 6. The fraction of sp³-hybridized carbons (Fsp3) is 0. The van der Waals surface area contributed by atoms with Crippen LogP contribution in [0.25, 0.3) is 42.3 Å². The third-order valence-electron chi connectivity index (χ3n) is 5.26. The molecule has 0 aliphatic carbocycles. The number of hydrogen-bond donors (Lipinski definition) is 2. The number of nitrogens with zero attached hydrogens (tertiary/aromatic N) is 4. The molecule has 2 aromatic heterocycles. The Labute approximate surface area is 234 Å². The van der Waals surface area contributed by atoms with Crippen molar-refractivity contribution in [3.05, 3.63) is 109 Å². The number of benzene rings is 4. The molecule has 0 aliphatic rings. The second-order valence-corrected chi connectivity index (χ2v) is 9.83. The fourth-order valence-electron chi connectivity index (χ4n) is 3.45. The van der Waals surface area contributed by atoms with E-state index in [4.69, 9.17) is 0 Å². The predicted octanol–water partition coefficient (Wildman–Crippen LogP) is 6.62. The third kappa shape index (κ3) is 6.32. The fourth-order valence-corrected chi connectivity index (χ4v) is 5.39. The molecule has 6 aromatic rings. The Morgan fingerprint density at radius 2 is 0.730 bits per heavy atom. The number of aromatic nitrogens is 4. The van der Waals surface area contributed by atoms with Crippen molar-refractivity contribution in [2.75, 3.05) is 0 Å². The second-order valence-electron chi connectivity index (χ2n) is 7.68. The van der Waals surface area contributed by atoms with E-state index in [0.29, 0.717) is 0 Å². The molecule has 2 heterocycles. The van der Waals surface area contributed by atoms with Crippen molar-refractivity contribution in [2.45, 2.75) is 0 Å². The van der Waals surface area contributed by atoms with E-state index in [1.165, 1.54) is 0 Å². The average Bonchev–Trinajstić information content (AvgIpc) is 3.62. The predicted molar refractivity (Wildman–Crippen MR) is 148 cm³/mol.